The summed E-state index contributed by atoms with van der Waals surface area (Å²) < 4.78 is 23.0. The van der Waals surface area contributed by atoms with Crippen molar-refractivity contribution in [1.82, 2.24) is 9.97 Å². The molecule has 3 heterocycles. The van der Waals surface area contributed by atoms with Gasteiger partial charge in [-0.3, -0.25) is 4.98 Å². The molecule has 0 saturated carbocycles. The Bertz CT molecular complexity index is 1110. The quantitative estimate of drug-likeness (QED) is 0.554. The Balaban J connectivity index is 1.33. The van der Waals surface area contributed by atoms with Gasteiger partial charge in [0, 0.05) is 30.6 Å². The smallest absolute Gasteiger partial charge is 0.295 e. The zero-order valence-corrected chi connectivity index (χ0v) is 14.9. The topological polar surface area (TPSA) is 78.6 Å². The van der Waals surface area contributed by atoms with Crippen molar-refractivity contribution in [3.8, 4) is 23.0 Å². The van der Waals surface area contributed by atoms with Crippen molar-refractivity contribution in [3.63, 3.8) is 0 Å². The summed E-state index contributed by atoms with van der Waals surface area (Å²) in [6, 6.07) is 15.4. The molecule has 0 amide bonds. The molecular weight excluding hydrogens is 358 g/mol. The number of anilines is 1. The van der Waals surface area contributed by atoms with Gasteiger partial charge in [0.25, 0.3) is 6.01 Å². The molecule has 1 aliphatic heterocycles. The molecule has 28 heavy (non-hydrogen) atoms. The highest BCUT2D eigenvalue weighted by atomic mass is 16.6. The zero-order chi connectivity index (χ0) is 18.8. The molecule has 0 bridgehead atoms. The lowest BCUT2D eigenvalue weighted by molar-refractivity contribution is 0.170. The van der Waals surface area contributed by atoms with Crippen LogP contribution in [0.1, 0.15) is 5.56 Å². The largest absolute Gasteiger partial charge is 0.486 e. The van der Waals surface area contributed by atoms with Gasteiger partial charge >= 0.3 is 0 Å². The van der Waals surface area contributed by atoms with Gasteiger partial charge in [0.15, 0.2) is 17.1 Å². The van der Waals surface area contributed by atoms with E-state index in [1.54, 1.807) is 24.5 Å². The number of hydrogen-bond acceptors (Lipinski definition) is 7. The number of nitrogens with one attached hydrogen (secondary N) is 1. The highest BCUT2D eigenvalue weighted by molar-refractivity contribution is 5.76. The minimum Gasteiger partial charge on any atom is -0.486 e. The summed E-state index contributed by atoms with van der Waals surface area (Å²) in [6.07, 6.45) is 3.36. The van der Waals surface area contributed by atoms with Crippen LogP contribution in [-0.4, -0.2) is 23.2 Å². The molecule has 140 valence electrons. The van der Waals surface area contributed by atoms with Crippen LogP contribution in [0.4, 0.5) is 6.01 Å². The van der Waals surface area contributed by atoms with Gasteiger partial charge in [0.05, 0.1) is 0 Å². The van der Waals surface area contributed by atoms with Gasteiger partial charge in [-0.2, -0.15) is 4.98 Å². The van der Waals surface area contributed by atoms with Crippen LogP contribution in [0.15, 0.2) is 65.3 Å². The summed E-state index contributed by atoms with van der Waals surface area (Å²) in [5, 5.41) is 3.21. The molecule has 2 aromatic heterocycles. The molecule has 0 radical (unpaired) electrons. The van der Waals surface area contributed by atoms with E-state index in [0.717, 1.165) is 22.6 Å². The summed E-state index contributed by atoms with van der Waals surface area (Å²) in [5.74, 6) is 2.92. The molecule has 0 spiro atoms. The lowest BCUT2D eigenvalue weighted by Gasteiger charge is -2.20. The fraction of sp³-hybridized carbons (Fsp3) is 0.143. The predicted molar refractivity (Wildman–Crippen MR) is 103 cm³/mol. The van der Waals surface area contributed by atoms with E-state index < -0.39 is 0 Å². The van der Waals surface area contributed by atoms with Crippen molar-refractivity contribution in [3.05, 3.63) is 66.5 Å². The van der Waals surface area contributed by atoms with E-state index in [-0.39, 0.29) is 0 Å². The molecule has 2 aromatic carbocycles. The average molecular weight is 375 g/mol. The van der Waals surface area contributed by atoms with Gasteiger partial charge in [-0.05, 0) is 30.3 Å². The minimum absolute atomic E-state index is 0.436. The van der Waals surface area contributed by atoms with E-state index >= 15 is 0 Å². The normalized spacial score (nSPS) is 12.7. The number of rotatable bonds is 5. The summed E-state index contributed by atoms with van der Waals surface area (Å²) in [5.41, 5.74) is 2.38. The first-order valence-corrected chi connectivity index (χ1v) is 8.95. The molecule has 0 fully saturated rings. The summed E-state index contributed by atoms with van der Waals surface area (Å²) in [6.45, 7) is 1.63. The molecule has 0 atom stereocenters. The van der Waals surface area contributed by atoms with Crippen LogP contribution in [0.5, 0.6) is 23.0 Å². The number of pyridine rings is 1. The number of para-hydroxylation sites is 1. The Kier molecular flexibility index (Phi) is 4.17. The first-order valence-electron chi connectivity index (χ1n) is 8.95. The van der Waals surface area contributed by atoms with Crippen LogP contribution < -0.4 is 19.5 Å². The van der Waals surface area contributed by atoms with Gasteiger partial charge in [-0.1, -0.05) is 12.1 Å². The maximum atomic E-state index is 5.83. The number of benzene rings is 2. The highest BCUT2D eigenvalue weighted by Gasteiger charge is 2.16. The third-order valence-corrected chi connectivity index (χ3v) is 4.32. The van der Waals surface area contributed by atoms with Gasteiger partial charge in [-0.15, -0.1) is 0 Å². The molecule has 0 aliphatic carbocycles. The van der Waals surface area contributed by atoms with Crippen LogP contribution in [0, 0.1) is 0 Å². The van der Waals surface area contributed by atoms with Crippen LogP contribution in [0.3, 0.4) is 0 Å². The van der Waals surface area contributed by atoms with Crippen LogP contribution in [0.25, 0.3) is 11.1 Å². The summed E-state index contributed by atoms with van der Waals surface area (Å²) in [4.78, 5) is 8.45. The van der Waals surface area contributed by atoms with Crippen molar-refractivity contribution < 1.29 is 18.6 Å². The Morgan fingerprint density at radius 1 is 0.964 bits per heavy atom. The number of nitrogens with zero attached hydrogens (tertiary/aromatic N) is 2. The Hall–Kier alpha value is -3.74. The van der Waals surface area contributed by atoms with E-state index in [0.29, 0.717) is 42.9 Å². The lowest BCUT2D eigenvalue weighted by Crippen LogP contribution is -2.17. The van der Waals surface area contributed by atoms with E-state index in [1.807, 2.05) is 36.4 Å². The average Bonchev–Trinajstić information content (AvgIpc) is 3.15. The van der Waals surface area contributed by atoms with E-state index in [2.05, 4.69) is 15.3 Å². The maximum absolute atomic E-state index is 5.83. The SMILES string of the molecule is c1cc(CNc2nc3ccc(Oc4ccncc4)cc3o2)c2c(c1)OCCO2. The van der Waals surface area contributed by atoms with E-state index in [4.69, 9.17) is 18.6 Å². The first-order chi connectivity index (χ1) is 13.8. The summed E-state index contributed by atoms with van der Waals surface area (Å²) >= 11 is 0. The molecule has 7 nitrogen and oxygen atoms in total. The number of oxazole rings is 1. The molecule has 7 heteroatoms. The van der Waals surface area contributed by atoms with Crippen molar-refractivity contribution in [2.24, 2.45) is 0 Å². The van der Waals surface area contributed by atoms with Crippen molar-refractivity contribution in [2.75, 3.05) is 18.5 Å². The van der Waals surface area contributed by atoms with E-state index in [1.165, 1.54) is 0 Å². The molecule has 1 N–H and O–H groups in total. The number of fused-ring (bicyclic) bond motifs is 2. The van der Waals surface area contributed by atoms with Crippen molar-refractivity contribution in [1.29, 1.82) is 0 Å². The van der Waals surface area contributed by atoms with Crippen LogP contribution in [-0.2, 0) is 6.54 Å². The van der Waals surface area contributed by atoms with Gasteiger partial charge < -0.3 is 23.9 Å². The van der Waals surface area contributed by atoms with Crippen molar-refractivity contribution >= 4 is 17.1 Å². The number of aromatic nitrogens is 2. The fourth-order valence-corrected chi connectivity index (χ4v) is 3.03. The van der Waals surface area contributed by atoms with Crippen molar-refractivity contribution in [2.45, 2.75) is 6.54 Å². The Morgan fingerprint density at radius 2 is 1.86 bits per heavy atom. The Labute approximate surface area is 160 Å². The van der Waals surface area contributed by atoms with Crippen LogP contribution in [0.2, 0.25) is 0 Å². The molecule has 0 saturated heterocycles. The molecular formula is C21H17N3O4. The third-order valence-electron chi connectivity index (χ3n) is 4.32. The minimum atomic E-state index is 0.436. The van der Waals surface area contributed by atoms with Gasteiger partial charge in [-0.25, -0.2) is 0 Å². The fourth-order valence-electron chi connectivity index (χ4n) is 3.03. The molecule has 5 rings (SSSR count). The van der Waals surface area contributed by atoms with E-state index in [9.17, 15) is 0 Å². The first kappa shape index (κ1) is 16.4. The van der Waals surface area contributed by atoms with Crippen LogP contribution >= 0.6 is 0 Å². The second-order valence-corrected chi connectivity index (χ2v) is 6.23. The summed E-state index contributed by atoms with van der Waals surface area (Å²) in [7, 11) is 0. The molecule has 0 unspecified atom stereocenters. The van der Waals surface area contributed by atoms with Gasteiger partial charge in [0.1, 0.15) is 30.2 Å². The lowest BCUT2D eigenvalue weighted by atomic mass is 10.2. The monoisotopic (exact) mass is 375 g/mol. The molecule has 1 aliphatic rings. The number of ether oxygens (including phenoxy) is 3. The van der Waals surface area contributed by atoms with Gasteiger partial charge in [0.2, 0.25) is 0 Å². The Morgan fingerprint density at radius 3 is 2.79 bits per heavy atom. The standard InChI is InChI=1S/C21H17N3O4/c1-2-14(20-18(3-1)25-10-11-26-20)13-23-21-24-17-5-4-16(12-19(17)28-21)27-15-6-8-22-9-7-15/h1-9,12H,10-11,13H2,(H,23,24). The second-order valence-electron chi connectivity index (χ2n) is 6.23. The second kappa shape index (κ2) is 7.11. The highest BCUT2D eigenvalue weighted by Crippen LogP contribution is 2.34. The zero-order valence-electron chi connectivity index (χ0n) is 14.9. The predicted octanol–water partition coefficient (Wildman–Crippen LogP) is 4.40. The third kappa shape index (κ3) is 3.29. The molecule has 4 aromatic rings. The maximum Gasteiger partial charge on any atom is 0.295 e. The number of hydrogen-bond donors (Lipinski definition) is 1.